The van der Waals surface area contributed by atoms with E-state index in [1.807, 2.05) is 19.1 Å². The second kappa shape index (κ2) is 15.1. The molecule has 0 aliphatic rings. The molecule has 0 atom stereocenters. The summed E-state index contributed by atoms with van der Waals surface area (Å²) in [5.41, 5.74) is 1.17. The Balaban J connectivity index is 0. The van der Waals surface area contributed by atoms with Crippen molar-refractivity contribution in [2.45, 2.75) is 73.6 Å². The highest BCUT2D eigenvalue weighted by atomic mass is 16.3. The summed E-state index contributed by atoms with van der Waals surface area (Å²) in [7, 11) is 0. The van der Waals surface area contributed by atoms with Crippen molar-refractivity contribution in [2.24, 2.45) is 5.92 Å². The summed E-state index contributed by atoms with van der Waals surface area (Å²) in [6.07, 6.45) is 6.78. The Kier molecular flexibility index (Phi) is 16.1. The van der Waals surface area contributed by atoms with Gasteiger partial charge in [-0.25, -0.2) is 0 Å². The molecule has 0 aliphatic carbocycles. The van der Waals surface area contributed by atoms with Gasteiger partial charge in [-0.15, -0.1) is 0 Å². The van der Waals surface area contributed by atoms with Crippen LogP contribution in [0.5, 0.6) is 5.75 Å². The number of benzene rings is 1. The van der Waals surface area contributed by atoms with Gasteiger partial charge in [-0.2, -0.15) is 0 Å². The number of aromatic hydroxyl groups is 1. The zero-order valence-electron chi connectivity index (χ0n) is 13.9. The predicted molar refractivity (Wildman–Crippen MR) is 87.8 cm³/mol. The fourth-order valence-corrected chi connectivity index (χ4v) is 1.16. The van der Waals surface area contributed by atoms with E-state index < -0.39 is 0 Å². The van der Waals surface area contributed by atoms with Gasteiger partial charge in [0.2, 0.25) is 0 Å². The van der Waals surface area contributed by atoms with Crippen molar-refractivity contribution in [3.8, 4) is 5.75 Å². The zero-order chi connectivity index (χ0) is 15.1. The standard InChI is InChI=1S/C7H8O.C7H16.C4H10/c1-6-2-4-7(8)5-3-6;1-4-5-6-7(2)3;1-3-4-2/h2-5,8H,1H3;7H,4-6H2,1-3H3;3-4H2,1-2H3. The topological polar surface area (TPSA) is 20.2 Å². The largest absolute Gasteiger partial charge is 0.508 e. The molecule has 1 nitrogen and oxygen atoms in total. The average Bonchev–Trinajstić information content (AvgIpc) is 2.40. The highest BCUT2D eigenvalue weighted by molar-refractivity contribution is 5.24. The monoisotopic (exact) mass is 266 g/mol. The lowest BCUT2D eigenvalue weighted by Crippen LogP contribution is -1.83. The van der Waals surface area contributed by atoms with E-state index in [-0.39, 0.29) is 0 Å². The van der Waals surface area contributed by atoms with Crippen LogP contribution in [0.4, 0.5) is 0 Å². The molecule has 1 N–H and O–H groups in total. The first-order chi connectivity index (χ1) is 8.97. The van der Waals surface area contributed by atoms with Crippen LogP contribution in [-0.2, 0) is 0 Å². The summed E-state index contributed by atoms with van der Waals surface area (Å²) < 4.78 is 0. The molecular formula is C18H34O. The van der Waals surface area contributed by atoms with E-state index in [1.54, 1.807) is 12.1 Å². The molecule has 0 saturated heterocycles. The smallest absolute Gasteiger partial charge is 0.115 e. The van der Waals surface area contributed by atoms with E-state index >= 15 is 0 Å². The predicted octanol–water partition coefficient (Wildman–Crippen LogP) is 6.34. The van der Waals surface area contributed by atoms with Gasteiger partial charge in [0, 0.05) is 0 Å². The number of rotatable bonds is 4. The molecule has 0 bridgehead atoms. The highest BCUT2D eigenvalue weighted by Gasteiger charge is 1.88. The maximum Gasteiger partial charge on any atom is 0.115 e. The fraction of sp³-hybridized carbons (Fsp3) is 0.667. The molecule has 0 fully saturated rings. The molecule has 0 saturated carbocycles. The van der Waals surface area contributed by atoms with Crippen LogP contribution in [0.2, 0.25) is 0 Å². The summed E-state index contributed by atoms with van der Waals surface area (Å²) in [6.45, 7) is 13.1. The normalized spacial score (nSPS) is 9.21. The highest BCUT2D eigenvalue weighted by Crippen LogP contribution is 2.07. The lowest BCUT2D eigenvalue weighted by molar-refractivity contribution is 0.475. The second-order valence-corrected chi connectivity index (χ2v) is 5.37. The summed E-state index contributed by atoms with van der Waals surface area (Å²) in [4.78, 5) is 0. The third-order valence-corrected chi connectivity index (χ3v) is 2.67. The molecule has 112 valence electrons. The molecule has 19 heavy (non-hydrogen) atoms. The van der Waals surface area contributed by atoms with Gasteiger partial charge >= 0.3 is 0 Å². The van der Waals surface area contributed by atoms with E-state index in [4.69, 9.17) is 5.11 Å². The van der Waals surface area contributed by atoms with Gasteiger partial charge in [-0.05, 0) is 25.0 Å². The third-order valence-electron chi connectivity index (χ3n) is 2.67. The Labute approximate surface area is 121 Å². The van der Waals surface area contributed by atoms with E-state index in [0.29, 0.717) is 5.75 Å². The number of phenols is 1. The molecule has 0 heterocycles. The number of aryl methyl sites for hydroxylation is 1. The van der Waals surface area contributed by atoms with Crippen molar-refractivity contribution in [2.75, 3.05) is 0 Å². The first kappa shape index (κ1) is 20.3. The molecule has 0 aromatic heterocycles. The van der Waals surface area contributed by atoms with Crippen molar-refractivity contribution in [3.05, 3.63) is 29.8 Å². The molecule has 0 radical (unpaired) electrons. The quantitative estimate of drug-likeness (QED) is 0.674. The van der Waals surface area contributed by atoms with Crippen molar-refractivity contribution < 1.29 is 5.11 Å². The second-order valence-electron chi connectivity index (χ2n) is 5.37. The number of phenolic OH excluding ortho intramolecular Hbond substituents is 1. The Morgan fingerprint density at radius 3 is 1.58 bits per heavy atom. The number of hydrogen-bond acceptors (Lipinski definition) is 1. The summed E-state index contributed by atoms with van der Waals surface area (Å²) in [5, 5.41) is 8.76. The molecule has 1 heteroatoms. The summed E-state index contributed by atoms with van der Waals surface area (Å²) in [5.74, 6) is 1.23. The first-order valence-corrected chi connectivity index (χ1v) is 7.73. The van der Waals surface area contributed by atoms with Crippen LogP contribution in [-0.4, -0.2) is 5.11 Å². The lowest BCUT2D eigenvalue weighted by Gasteiger charge is -1.98. The first-order valence-electron chi connectivity index (χ1n) is 7.73. The lowest BCUT2D eigenvalue weighted by atomic mass is 10.1. The molecule has 1 aromatic carbocycles. The van der Waals surface area contributed by atoms with Crippen LogP contribution in [0.15, 0.2) is 24.3 Å². The van der Waals surface area contributed by atoms with Gasteiger partial charge in [-0.3, -0.25) is 0 Å². The number of hydrogen-bond donors (Lipinski definition) is 1. The van der Waals surface area contributed by atoms with Gasteiger partial charge in [0.15, 0.2) is 0 Å². The SMILES string of the molecule is CCCC.CCCCC(C)C.Cc1ccc(O)cc1. The zero-order valence-corrected chi connectivity index (χ0v) is 13.9. The van der Waals surface area contributed by atoms with Crippen LogP contribution in [0.1, 0.15) is 72.3 Å². The molecular weight excluding hydrogens is 232 g/mol. The van der Waals surface area contributed by atoms with Crippen LogP contribution >= 0.6 is 0 Å². The maximum absolute atomic E-state index is 8.76. The van der Waals surface area contributed by atoms with Crippen LogP contribution in [0, 0.1) is 12.8 Å². The minimum Gasteiger partial charge on any atom is -0.508 e. The van der Waals surface area contributed by atoms with E-state index in [9.17, 15) is 0 Å². The van der Waals surface area contributed by atoms with Crippen LogP contribution < -0.4 is 0 Å². The van der Waals surface area contributed by atoms with Gasteiger partial charge in [0.05, 0.1) is 0 Å². The van der Waals surface area contributed by atoms with Crippen molar-refractivity contribution in [3.63, 3.8) is 0 Å². The Morgan fingerprint density at radius 1 is 0.895 bits per heavy atom. The van der Waals surface area contributed by atoms with Gasteiger partial charge in [0.25, 0.3) is 0 Å². The number of unbranched alkanes of at least 4 members (excludes halogenated alkanes) is 2. The van der Waals surface area contributed by atoms with Crippen LogP contribution in [0.3, 0.4) is 0 Å². The minimum absolute atomic E-state index is 0.329. The Hall–Kier alpha value is -0.980. The van der Waals surface area contributed by atoms with E-state index in [2.05, 4.69) is 34.6 Å². The third kappa shape index (κ3) is 19.5. The molecule has 0 spiro atoms. The van der Waals surface area contributed by atoms with Gasteiger partial charge in [-0.1, -0.05) is 84.4 Å². The molecule has 1 aromatic rings. The van der Waals surface area contributed by atoms with Gasteiger partial charge in [0.1, 0.15) is 5.75 Å². The average molecular weight is 266 g/mol. The van der Waals surface area contributed by atoms with Crippen molar-refractivity contribution in [1.29, 1.82) is 0 Å². The van der Waals surface area contributed by atoms with E-state index in [0.717, 1.165) is 5.92 Å². The van der Waals surface area contributed by atoms with Crippen molar-refractivity contribution in [1.82, 2.24) is 0 Å². The molecule has 0 aliphatic heterocycles. The summed E-state index contributed by atoms with van der Waals surface area (Å²) >= 11 is 0. The Morgan fingerprint density at radius 2 is 1.37 bits per heavy atom. The van der Waals surface area contributed by atoms with Gasteiger partial charge < -0.3 is 5.11 Å². The van der Waals surface area contributed by atoms with Crippen molar-refractivity contribution >= 4 is 0 Å². The van der Waals surface area contributed by atoms with E-state index in [1.165, 1.54) is 37.7 Å². The minimum atomic E-state index is 0.329. The maximum atomic E-state index is 8.76. The summed E-state index contributed by atoms with van der Waals surface area (Å²) in [6, 6.07) is 7.09. The molecule has 1 rings (SSSR count). The fourth-order valence-electron chi connectivity index (χ4n) is 1.16. The van der Waals surface area contributed by atoms with Crippen LogP contribution in [0.25, 0.3) is 0 Å². The molecule has 0 unspecified atom stereocenters. The molecule has 0 amide bonds. The Bertz CT molecular complexity index is 239.